The lowest BCUT2D eigenvalue weighted by atomic mass is 10.2. The molecule has 2 rings (SSSR count). The molecule has 0 aromatic heterocycles. The second-order valence-corrected chi connectivity index (χ2v) is 4.30. The number of carbonyl (C=O) groups excluding carboxylic acids is 1. The van der Waals surface area contributed by atoms with Crippen LogP contribution < -0.4 is 5.32 Å². The average Bonchev–Trinajstić information content (AvgIpc) is 2.69. The third-order valence-electron chi connectivity index (χ3n) is 3.09. The first-order valence-corrected chi connectivity index (χ1v) is 5.48. The van der Waals surface area contributed by atoms with Gasteiger partial charge in [-0.15, -0.1) is 0 Å². The van der Waals surface area contributed by atoms with Gasteiger partial charge in [-0.05, 0) is 19.9 Å². The number of piperazine rings is 1. The van der Waals surface area contributed by atoms with E-state index in [0.29, 0.717) is 5.91 Å². The molecule has 4 heteroatoms. The molecule has 14 heavy (non-hydrogen) atoms. The summed E-state index contributed by atoms with van der Waals surface area (Å²) >= 11 is 0. The molecule has 1 N–H and O–H groups in total. The molecule has 2 saturated heterocycles. The fourth-order valence-electron chi connectivity index (χ4n) is 2.22. The zero-order chi connectivity index (χ0) is 9.97. The van der Waals surface area contributed by atoms with Crippen molar-refractivity contribution in [3.63, 3.8) is 0 Å². The van der Waals surface area contributed by atoms with Crippen molar-refractivity contribution >= 4 is 5.91 Å². The van der Waals surface area contributed by atoms with Gasteiger partial charge in [0, 0.05) is 32.7 Å². The van der Waals surface area contributed by atoms with Crippen LogP contribution in [0.5, 0.6) is 0 Å². The molecule has 0 aliphatic carbocycles. The first-order chi connectivity index (χ1) is 6.77. The molecule has 0 saturated carbocycles. The van der Waals surface area contributed by atoms with E-state index in [1.807, 2.05) is 4.90 Å². The summed E-state index contributed by atoms with van der Waals surface area (Å²) in [5, 5.41) is 3.29. The Kier molecular flexibility index (Phi) is 3.03. The lowest BCUT2D eigenvalue weighted by Gasteiger charge is -2.32. The molecule has 0 aromatic carbocycles. The smallest absolute Gasteiger partial charge is 0.241 e. The third kappa shape index (κ3) is 2.07. The van der Waals surface area contributed by atoms with Gasteiger partial charge in [0.2, 0.25) is 5.91 Å². The van der Waals surface area contributed by atoms with Crippen molar-refractivity contribution in [2.75, 3.05) is 39.8 Å². The van der Waals surface area contributed by atoms with E-state index in [-0.39, 0.29) is 6.04 Å². The molecule has 2 heterocycles. The standard InChI is InChI=1S/C10H19N3O/c1-12-7-4-11-9(8-12)10(14)13-5-2-3-6-13/h9,11H,2-8H2,1H3. The van der Waals surface area contributed by atoms with E-state index in [0.717, 1.165) is 32.7 Å². The predicted molar refractivity (Wildman–Crippen MR) is 55.1 cm³/mol. The summed E-state index contributed by atoms with van der Waals surface area (Å²) in [5.41, 5.74) is 0. The largest absolute Gasteiger partial charge is 0.341 e. The molecule has 0 radical (unpaired) electrons. The molecular formula is C10H19N3O. The fourth-order valence-corrected chi connectivity index (χ4v) is 2.22. The number of likely N-dealkylation sites (N-methyl/N-ethyl adjacent to an activating group) is 1. The van der Waals surface area contributed by atoms with Crippen LogP contribution in [-0.4, -0.2) is 61.5 Å². The van der Waals surface area contributed by atoms with Crippen LogP contribution in [0.15, 0.2) is 0 Å². The highest BCUT2D eigenvalue weighted by Crippen LogP contribution is 2.10. The molecule has 0 spiro atoms. The second-order valence-electron chi connectivity index (χ2n) is 4.30. The van der Waals surface area contributed by atoms with Crippen LogP contribution in [0.2, 0.25) is 0 Å². The van der Waals surface area contributed by atoms with Crippen LogP contribution in [0.4, 0.5) is 0 Å². The topological polar surface area (TPSA) is 35.6 Å². The summed E-state index contributed by atoms with van der Waals surface area (Å²) < 4.78 is 0. The number of nitrogens with one attached hydrogen (secondary N) is 1. The molecule has 0 aromatic rings. The Morgan fingerprint density at radius 1 is 1.29 bits per heavy atom. The lowest BCUT2D eigenvalue weighted by molar-refractivity contribution is -0.133. The van der Waals surface area contributed by atoms with Crippen molar-refractivity contribution < 1.29 is 4.79 Å². The minimum atomic E-state index is 0.0341. The molecule has 1 atom stereocenters. The summed E-state index contributed by atoms with van der Waals surface area (Å²) in [5.74, 6) is 0.300. The van der Waals surface area contributed by atoms with Crippen molar-refractivity contribution in [2.45, 2.75) is 18.9 Å². The number of carbonyl (C=O) groups is 1. The van der Waals surface area contributed by atoms with Gasteiger partial charge in [0.05, 0.1) is 6.04 Å². The van der Waals surface area contributed by atoms with E-state index >= 15 is 0 Å². The van der Waals surface area contributed by atoms with Crippen molar-refractivity contribution in [1.82, 2.24) is 15.1 Å². The zero-order valence-electron chi connectivity index (χ0n) is 8.83. The van der Waals surface area contributed by atoms with Crippen molar-refractivity contribution in [3.8, 4) is 0 Å². The van der Waals surface area contributed by atoms with Crippen molar-refractivity contribution in [1.29, 1.82) is 0 Å². The van der Waals surface area contributed by atoms with Crippen LogP contribution >= 0.6 is 0 Å². The van der Waals surface area contributed by atoms with Gasteiger partial charge in [-0.1, -0.05) is 0 Å². The quantitative estimate of drug-likeness (QED) is 0.616. The van der Waals surface area contributed by atoms with Crippen LogP contribution in [0.25, 0.3) is 0 Å². The number of amides is 1. The number of rotatable bonds is 1. The van der Waals surface area contributed by atoms with E-state index in [2.05, 4.69) is 17.3 Å². The van der Waals surface area contributed by atoms with Gasteiger partial charge >= 0.3 is 0 Å². The minimum absolute atomic E-state index is 0.0341. The van der Waals surface area contributed by atoms with Gasteiger partial charge in [-0.2, -0.15) is 0 Å². The molecule has 80 valence electrons. The summed E-state index contributed by atoms with van der Waals surface area (Å²) in [6.07, 6.45) is 2.35. The first-order valence-electron chi connectivity index (χ1n) is 5.48. The minimum Gasteiger partial charge on any atom is -0.341 e. The van der Waals surface area contributed by atoms with Crippen molar-refractivity contribution in [3.05, 3.63) is 0 Å². The number of likely N-dealkylation sites (tertiary alicyclic amines) is 1. The zero-order valence-corrected chi connectivity index (χ0v) is 8.83. The maximum Gasteiger partial charge on any atom is 0.241 e. The highest BCUT2D eigenvalue weighted by Gasteiger charge is 2.28. The molecule has 0 bridgehead atoms. The Morgan fingerprint density at radius 2 is 2.00 bits per heavy atom. The maximum absolute atomic E-state index is 12.0. The molecule has 2 aliphatic heterocycles. The Bertz CT molecular complexity index is 213. The van der Waals surface area contributed by atoms with E-state index in [4.69, 9.17) is 0 Å². The third-order valence-corrected chi connectivity index (χ3v) is 3.09. The van der Waals surface area contributed by atoms with E-state index in [9.17, 15) is 4.79 Å². The van der Waals surface area contributed by atoms with Crippen molar-refractivity contribution in [2.24, 2.45) is 0 Å². The van der Waals surface area contributed by atoms with Gasteiger partial charge < -0.3 is 15.1 Å². The Balaban J connectivity index is 1.89. The van der Waals surface area contributed by atoms with Crippen LogP contribution in [0.3, 0.4) is 0 Å². The lowest BCUT2D eigenvalue weighted by Crippen LogP contribution is -2.56. The van der Waals surface area contributed by atoms with Gasteiger partial charge in [0.25, 0.3) is 0 Å². The number of hydrogen-bond acceptors (Lipinski definition) is 3. The maximum atomic E-state index is 12.0. The summed E-state index contributed by atoms with van der Waals surface area (Å²) in [6, 6.07) is 0.0341. The molecule has 1 amide bonds. The SMILES string of the molecule is CN1CCNC(C(=O)N2CCCC2)C1. The number of hydrogen-bond donors (Lipinski definition) is 1. The number of nitrogens with zero attached hydrogens (tertiary/aromatic N) is 2. The molecule has 4 nitrogen and oxygen atoms in total. The normalized spacial score (nSPS) is 29.5. The summed E-state index contributed by atoms with van der Waals surface area (Å²) in [4.78, 5) is 16.2. The summed E-state index contributed by atoms with van der Waals surface area (Å²) in [6.45, 7) is 4.75. The predicted octanol–water partition coefficient (Wildman–Crippen LogP) is -0.488. The monoisotopic (exact) mass is 197 g/mol. The molecule has 2 fully saturated rings. The van der Waals surface area contributed by atoms with Gasteiger partial charge in [0.1, 0.15) is 0 Å². The Morgan fingerprint density at radius 3 is 2.64 bits per heavy atom. The average molecular weight is 197 g/mol. The first kappa shape index (κ1) is 9.93. The molecule has 2 aliphatic rings. The van der Waals surface area contributed by atoms with E-state index < -0.39 is 0 Å². The summed E-state index contributed by atoms with van der Waals surface area (Å²) in [7, 11) is 2.07. The Labute approximate surface area is 85.2 Å². The highest BCUT2D eigenvalue weighted by molar-refractivity contribution is 5.82. The van der Waals surface area contributed by atoms with E-state index in [1.54, 1.807) is 0 Å². The van der Waals surface area contributed by atoms with Crippen LogP contribution in [0, 0.1) is 0 Å². The van der Waals surface area contributed by atoms with Crippen LogP contribution in [-0.2, 0) is 4.79 Å². The molecule has 1 unspecified atom stereocenters. The van der Waals surface area contributed by atoms with Gasteiger partial charge in [-0.25, -0.2) is 0 Å². The fraction of sp³-hybridized carbons (Fsp3) is 0.900. The second kappa shape index (κ2) is 4.28. The van der Waals surface area contributed by atoms with E-state index in [1.165, 1.54) is 12.8 Å². The molecular weight excluding hydrogens is 178 g/mol. The Hall–Kier alpha value is -0.610. The van der Waals surface area contributed by atoms with Gasteiger partial charge in [0.15, 0.2) is 0 Å². The highest BCUT2D eigenvalue weighted by atomic mass is 16.2. The van der Waals surface area contributed by atoms with Crippen LogP contribution in [0.1, 0.15) is 12.8 Å². The van der Waals surface area contributed by atoms with Gasteiger partial charge in [-0.3, -0.25) is 4.79 Å².